The highest BCUT2D eigenvalue weighted by molar-refractivity contribution is 7.89. The predicted octanol–water partition coefficient (Wildman–Crippen LogP) is 3.82. The van der Waals surface area contributed by atoms with Crippen molar-refractivity contribution in [3.63, 3.8) is 0 Å². The number of hydrogen-bond donors (Lipinski definition) is 0. The molecule has 1 spiro atoms. The third kappa shape index (κ3) is 7.51. The molecular weight excluding hydrogens is 565 g/mol. The van der Waals surface area contributed by atoms with E-state index in [0.717, 1.165) is 0 Å². The maximum atomic E-state index is 13.6. The number of morpholine rings is 1. The third-order valence-electron chi connectivity index (χ3n) is 7.11. The Morgan fingerprint density at radius 2 is 1.76 bits per heavy atom. The first kappa shape index (κ1) is 30.6. The number of halogens is 3. The molecule has 1 amide bonds. The molecular formula is C28H31F3N2O7S. The predicted molar refractivity (Wildman–Crippen MR) is 142 cm³/mol. The molecule has 0 unspecified atom stereocenters. The topological polar surface area (TPSA) is 94.6 Å². The van der Waals surface area contributed by atoms with Gasteiger partial charge in [0.2, 0.25) is 16.1 Å². The van der Waals surface area contributed by atoms with Gasteiger partial charge in [0.05, 0.1) is 37.4 Å². The first-order chi connectivity index (χ1) is 19.5. The van der Waals surface area contributed by atoms with Crippen molar-refractivity contribution in [1.29, 1.82) is 0 Å². The number of carbonyl (C=O) groups excluding carboxylic acids is 1. The van der Waals surface area contributed by atoms with Crippen molar-refractivity contribution in [2.24, 2.45) is 0 Å². The maximum absolute atomic E-state index is 13.6. The first-order valence-corrected chi connectivity index (χ1v) is 14.3. The summed E-state index contributed by atoms with van der Waals surface area (Å²) in [7, 11) is -2.32. The Morgan fingerprint density at radius 1 is 1.10 bits per heavy atom. The van der Waals surface area contributed by atoms with Gasteiger partial charge < -0.3 is 23.8 Å². The minimum atomic E-state index is -4.83. The second-order valence-corrected chi connectivity index (χ2v) is 11.7. The van der Waals surface area contributed by atoms with E-state index in [-0.39, 0.29) is 57.1 Å². The standard InChI is InChI=1S/C28H31F3N2O7S/c1-3-21-6-10-24(11-7-21)41(35,36)33-16-17-39-27(20-33)12-14-32(15-13-27)26(34)40-25(28(29,30)31)19-38-18-22-4-8-23(37-2)9-5-22/h1,4-11,25H,12-20H2,2H3/t25-/m1/s1. The normalized spacial score (nSPS) is 18.5. The highest BCUT2D eigenvalue weighted by Crippen LogP contribution is 2.33. The molecule has 2 heterocycles. The van der Waals surface area contributed by atoms with Gasteiger partial charge in [-0.05, 0) is 54.8 Å². The average Bonchev–Trinajstić information content (AvgIpc) is 2.97. The van der Waals surface area contributed by atoms with Crippen LogP contribution in [0, 0.1) is 12.3 Å². The number of amides is 1. The Labute approximate surface area is 237 Å². The van der Waals surface area contributed by atoms with E-state index in [1.165, 1.54) is 28.4 Å². The molecule has 1 atom stereocenters. The average molecular weight is 597 g/mol. The zero-order chi connectivity index (χ0) is 29.7. The molecule has 222 valence electrons. The number of benzene rings is 2. The molecule has 4 rings (SSSR count). The molecule has 0 aliphatic carbocycles. The van der Waals surface area contributed by atoms with Gasteiger partial charge in [0.1, 0.15) is 5.75 Å². The van der Waals surface area contributed by atoms with Gasteiger partial charge in [-0.1, -0.05) is 18.1 Å². The van der Waals surface area contributed by atoms with E-state index in [2.05, 4.69) is 5.92 Å². The zero-order valence-corrected chi connectivity index (χ0v) is 23.2. The molecule has 0 aromatic heterocycles. The molecule has 9 nitrogen and oxygen atoms in total. The van der Waals surface area contributed by atoms with Crippen molar-refractivity contribution < 1.29 is 45.3 Å². The van der Waals surface area contributed by atoms with Crippen molar-refractivity contribution >= 4 is 16.1 Å². The lowest BCUT2D eigenvalue weighted by molar-refractivity contribution is -0.220. The summed E-state index contributed by atoms with van der Waals surface area (Å²) >= 11 is 0. The van der Waals surface area contributed by atoms with E-state index in [1.54, 1.807) is 36.4 Å². The van der Waals surface area contributed by atoms with Crippen LogP contribution in [0.2, 0.25) is 0 Å². The van der Waals surface area contributed by atoms with E-state index in [9.17, 15) is 26.4 Å². The molecule has 0 radical (unpaired) electrons. The van der Waals surface area contributed by atoms with Gasteiger partial charge in [-0.15, -0.1) is 6.42 Å². The van der Waals surface area contributed by atoms with Crippen LogP contribution in [0.25, 0.3) is 0 Å². The Kier molecular flexibility index (Phi) is 9.48. The molecule has 2 aromatic rings. The molecule has 2 saturated heterocycles. The van der Waals surface area contributed by atoms with E-state index < -0.39 is 40.6 Å². The van der Waals surface area contributed by atoms with Gasteiger partial charge in [0, 0.05) is 31.7 Å². The number of ether oxygens (including phenoxy) is 4. The van der Waals surface area contributed by atoms with E-state index in [0.29, 0.717) is 16.9 Å². The number of likely N-dealkylation sites (tertiary alicyclic amines) is 1. The highest BCUT2D eigenvalue weighted by Gasteiger charge is 2.47. The van der Waals surface area contributed by atoms with Crippen molar-refractivity contribution in [3.05, 3.63) is 59.7 Å². The number of terminal acetylenes is 1. The number of sulfonamides is 1. The number of nitrogens with zero attached hydrogens (tertiary/aromatic N) is 2. The molecule has 41 heavy (non-hydrogen) atoms. The number of methoxy groups -OCH3 is 1. The van der Waals surface area contributed by atoms with E-state index >= 15 is 0 Å². The van der Waals surface area contributed by atoms with Gasteiger partial charge in [0.15, 0.2) is 0 Å². The van der Waals surface area contributed by atoms with Crippen LogP contribution in [0.5, 0.6) is 5.75 Å². The number of alkyl halides is 3. The minimum Gasteiger partial charge on any atom is -0.497 e. The largest absolute Gasteiger partial charge is 0.497 e. The molecule has 2 aromatic carbocycles. The van der Waals surface area contributed by atoms with Crippen LogP contribution in [0.1, 0.15) is 24.0 Å². The summed E-state index contributed by atoms with van der Waals surface area (Å²) in [5.74, 6) is 3.04. The van der Waals surface area contributed by atoms with Crippen molar-refractivity contribution in [2.75, 3.05) is 46.5 Å². The molecule has 2 aliphatic rings. The molecule has 13 heteroatoms. The third-order valence-corrected chi connectivity index (χ3v) is 8.97. The lowest BCUT2D eigenvalue weighted by Gasteiger charge is -2.46. The van der Waals surface area contributed by atoms with Crippen LogP contribution in [0.4, 0.5) is 18.0 Å². The second-order valence-electron chi connectivity index (χ2n) is 9.80. The molecule has 0 N–H and O–H groups in total. The summed E-state index contributed by atoms with van der Waals surface area (Å²) in [6, 6.07) is 12.6. The monoisotopic (exact) mass is 596 g/mol. The number of piperidine rings is 1. The smallest absolute Gasteiger partial charge is 0.427 e. The van der Waals surface area contributed by atoms with Crippen LogP contribution < -0.4 is 4.74 Å². The van der Waals surface area contributed by atoms with Gasteiger partial charge in [0.25, 0.3) is 0 Å². The SMILES string of the molecule is C#Cc1ccc(S(=O)(=O)N2CCOC3(CCN(C(=O)O[C@H](COCc4ccc(OC)cc4)C(F)(F)F)CC3)C2)cc1. The minimum absolute atomic E-state index is 0.0425. The summed E-state index contributed by atoms with van der Waals surface area (Å²) in [6.45, 7) is -0.534. The maximum Gasteiger partial charge on any atom is 0.427 e. The van der Waals surface area contributed by atoms with Gasteiger partial charge in [-0.2, -0.15) is 17.5 Å². The summed E-state index contributed by atoms with van der Waals surface area (Å²) in [4.78, 5) is 13.9. The lowest BCUT2D eigenvalue weighted by Crippen LogP contribution is -2.58. The Hall–Kier alpha value is -3.31. The van der Waals surface area contributed by atoms with Gasteiger partial charge >= 0.3 is 12.3 Å². The zero-order valence-electron chi connectivity index (χ0n) is 22.4. The number of rotatable bonds is 8. The van der Waals surface area contributed by atoms with Gasteiger partial charge in [-0.25, -0.2) is 13.2 Å². The number of carbonyl (C=O) groups is 1. The Balaban J connectivity index is 1.31. The molecule has 2 fully saturated rings. The van der Waals surface area contributed by atoms with E-state index in [4.69, 9.17) is 25.4 Å². The lowest BCUT2D eigenvalue weighted by atomic mass is 9.90. The van der Waals surface area contributed by atoms with Crippen molar-refractivity contribution in [2.45, 2.75) is 42.2 Å². The van der Waals surface area contributed by atoms with Crippen LogP contribution in [-0.2, 0) is 30.8 Å². The second kappa shape index (κ2) is 12.7. The van der Waals surface area contributed by atoms with Crippen LogP contribution in [0.3, 0.4) is 0 Å². The Morgan fingerprint density at radius 3 is 2.34 bits per heavy atom. The Bertz CT molecular complexity index is 1330. The van der Waals surface area contributed by atoms with Crippen molar-refractivity contribution in [3.8, 4) is 18.1 Å². The van der Waals surface area contributed by atoms with Crippen LogP contribution in [-0.4, -0.2) is 88.1 Å². The molecule has 0 saturated carbocycles. The summed E-state index contributed by atoms with van der Waals surface area (Å²) in [5.41, 5.74) is 0.317. The first-order valence-electron chi connectivity index (χ1n) is 12.9. The summed E-state index contributed by atoms with van der Waals surface area (Å²) < 4.78 is 89.6. The quantitative estimate of drug-likeness (QED) is 0.428. The van der Waals surface area contributed by atoms with Crippen molar-refractivity contribution in [1.82, 2.24) is 9.21 Å². The van der Waals surface area contributed by atoms with Crippen LogP contribution in [0.15, 0.2) is 53.4 Å². The number of hydrogen-bond acceptors (Lipinski definition) is 7. The molecule has 2 aliphatic heterocycles. The molecule has 0 bridgehead atoms. The highest BCUT2D eigenvalue weighted by atomic mass is 32.2. The summed E-state index contributed by atoms with van der Waals surface area (Å²) in [5, 5.41) is 0. The van der Waals surface area contributed by atoms with E-state index in [1.807, 2.05) is 0 Å². The van der Waals surface area contributed by atoms with Crippen LogP contribution >= 0.6 is 0 Å². The summed E-state index contributed by atoms with van der Waals surface area (Å²) in [6.07, 6.45) is -2.59. The fourth-order valence-electron chi connectivity index (χ4n) is 4.68. The fourth-order valence-corrected chi connectivity index (χ4v) is 6.18. The van der Waals surface area contributed by atoms with Gasteiger partial charge in [-0.3, -0.25) is 0 Å². The fraction of sp³-hybridized carbons (Fsp3) is 0.464.